The van der Waals surface area contributed by atoms with E-state index in [0.29, 0.717) is 18.2 Å². The van der Waals surface area contributed by atoms with Gasteiger partial charge in [-0.2, -0.15) is 0 Å². The Morgan fingerprint density at radius 1 is 1.26 bits per heavy atom. The molecule has 5 rings (SSSR count). The third-order valence-corrected chi connectivity index (χ3v) is 5.44. The molecule has 0 spiro atoms. The predicted molar refractivity (Wildman–Crippen MR) is 77.0 cm³/mol. The third-order valence-electron chi connectivity index (χ3n) is 4.66. The second-order valence-corrected chi connectivity index (χ2v) is 6.51. The maximum Gasteiger partial charge on any atom is 0.152 e. The number of rotatable bonds is 1. The second-order valence-electron chi connectivity index (χ2n) is 5.72. The van der Waals surface area contributed by atoms with Gasteiger partial charge in [-0.05, 0) is 59.9 Å². The molecule has 100 valence electrons. The summed E-state index contributed by atoms with van der Waals surface area (Å²) in [6, 6.07) is 7.93. The van der Waals surface area contributed by atoms with E-state index in [1.54, 1.807) is 0 Å². The number of piperidine rings is 3. The van der Waals surface area contributed by atoms with Gasteiger partial charge in [0, 0.05) is 11.9 Å². The van der Waals surface area contributed by atoms with Gasteiger partial charge < -0.3 is 9.52 Å². The summed E-state index contributed by atoms with van der Waals surface area (Å²) in [5.41, 5.74) is 0.00296. The number of hydrogen-bond acceptors (Lipinski definition) is 3. The fourth-order valence-corrected chi connectivity index (χ4v) is 4.34. The molecular formula is C15H16BrNO2. The van der Waals surface area contributed by atoms with Crippen LogP contribution < -0.4 is 0 Å². The van der Waals surface area contributed by atoms with Crippen LogP contribution in [0.2, 0.25) is 0 Å². The highest BCUT2D eigenvalue weighted by Crippen LogP contribution is 2.47. The first-order valence-electron chi connectivity index (χ1n) is 6.81. The number of halogens is 1. The van der Waals surface area contributed by atoms with Crippen LogP contribution in [0.3, 0.4) is 0 Å². The lowest BCUT2D eigenvalue weighted by Gasteiger charge is -2.49. The first-order valence-corrected chi connectivity index (χ1v) is 7.60. The van der Waals surface area contributed by atoms with E-state index in [4.69, 9.17) is 4.42 Å². The molecule has 2 aromatic rings. The molecule has 4 heteroatoms. The maximum absolute atomic E-state index is 11.1. The van der Waals surface area contributed by atoms with Crippen molar-refractivity contribution in [1.82, 2.24) is 4.90 Å². The van der Waals surface area contributed by atoms with Gasteiger partial charge in [0.05, 0.1) is 4.47 Å². The van der Waals surface area contributed by atoms with Crippen LogP contribution in [-0.4, -0.2) is 29.6 Å². The van der Waals surface area contributed by atoms with Crippen LogP contribution in [-0.2, 0) is 5.60 Å². The average molecular weight is 322 g/mol. The minimum Gasteiger partial charge on any atom is -0.457 e. The van der Waals surface area contributed by atoms with Gasteiger partial charge in [-0.25, -0.2) is 0 Å². The zero-order valence-corrected chi connectivity index (χ0v) is 12.2. The average Bonchev–Trinajstić information content (AvgIpc) is 2.79. The molecule has 0 radical (unpaired) electrons. The van der Waals surface area contributed by atoms with Crippen LogP contribution in [0.15, 0.2) is 33.2 Å². The fourth-order valence-electron chi connectivity index (χ4n) is 3.59. The minimum atomic E-state index is -0.839. The molecule has 19 heavy (non-hydrogen) atoms. The van der Waals surface area contributed by atoms with Crippen molar-refractivity contribution >= 4 is 26.9 Å². The number of fused-ring (bicyclic) bond motifs is 4. The maximum atomic E-state index is 11.1. The first-order chi connectivity index (χ1) is 9.18. The number of hydrogen-bond donors (Lipinski definition) is 1. The van der Waals surface area contributed by atoms with Crippen LogP contribution in [0.25, 0.3) is 11.0 Å². The van der Waals surface area contributed by atoms with Crippen molar-refractivity contribution in [1.29, 1.82) is 0 Å². The zero-order chi connectivity index (χ0) is 13.0. The Bertz CT molecular complexity index is 630. The molecule has 1 aromatic heterocycles. The Labute approximate surface area is 120 Å². The molecule has 3 aliphatic heterocycles. The Hall–Kier alpha value is -0.840. The van der Waals surface area contributed by atoms with E-state index >= 15 is 0 Å². The summed E-state index contributed by atoms with van der Waals surface area (Å²) in [5, 5.41) is 12.2. The fraction of sp³-hybridized carbons (Fsp3) is 0.467. The standard InChI is InChI=1S/C15H16BrNO2/c16-13-11-3-1-2-4-12(11)19-14(13)15(18)9-17-7-5-10(15)6-8-17/h1-4,10,18H,5-9H2. The zero-order valence-electron chi connectivity index (χ0n) is 10.6. The van der Waals surface area contributed by atoms with Gasteiger partial charge in [0.25, 0.3) is 0 Å². The summed E-state index contributed by atoms with van der Waals surface area (Å²) >= 11 is 3.62. The molecule has 1 aromatic carbocycles. The highest BCUT2D eigenvalue weighted by atomic mass is 79.9. The van der Waals surface area contributed by atoms with E-state index < -0.39 is 5.60 Å². The summed E-state index contributed by atoms with van der Waals surface area (Å²) in [6.45, 7) is 2.89. The molecule has 0 aliphatic carbocycles. The molecule has 1 N–H and O–H groups in total. The Morgan fingerprint density at radius 2 is 2.00 bits per heavy atom. The van der Waals surface area contributed by atoms with Crippen LogP contribution in [0, 0.1) is 5.92 Å². The molecule has 3 aliphatic rings. The van der Waals surface area contributed by atoms with Crippen molar-refractivity contribution in [2.75, 3.05) is 19.6 Å². The molecule has 3 fully saturated rings. The highest BCUT2D eigenvalue weighted by Gasteiger charge is 2.49. The number of aliphatic hydroxyl groups is 1. The van der Waals surface area contributed by atoms with Crippen LogP contribution in [0.1, 0.15) is 18.6 Å². The molecule has 4 heterocycles. The Balaban J connectivity index is 1.87. The van der Waals surface area contributed by atoms with Gasteiger partial charge in [0.15, 0.2) is 5.76 Å². The molecule has 2 bridgehead atoms. The molecule has 3 saturated heterocycles. The van der Waals surface area contributed by atoms with Gasteiger partial charge in [-0.1, -0.05) is 12.1 Å². The van der Waals surface area contributed by atoms with Crippen molar-refractivity contribution in [2.24, 2.45) is 5.92 Å². The van der Waals surface area contributed by atoms with E-state index in [0.717, 1.165) is 41.4 Å². The topological polar surface area (TPSA) is 36.6 Å². The summed E-state index contributed by atoms with van der Waals surface area (Å²) in [7, 11) is 0. The molecule has 3 nitrogen and oxygen atoms in total. The quantitative estimate of drug-likeness (QED) is 0.876. The SMILES string of the molecule is OC1(c2oc3ccccc3c2Br)CN2CCC1CC2. The smallest absolute Gasteiger partial charge is 0.152 e. The lowest BCUT2D eigenvalue weighted by atomic mass is 9.74. The van der Waals surface area contributed by atoms with Crippen LogP contribution in [0.4, 0.5) is 0 Å². The normalized spacial score (nSPS) is 34.0. The molecule has 0 saturated carbocycles. The van der Waals surface area contributed by atoms with E-state index in [1.165, 1.54) is 0 Å². The molecule has 1 atom stereocenters. The molecule has 1 unspecified atom stereocenters. The van der Waals surface area contributed by atoms with Gasteiger partial charge >= 0.3 is 0 Å². The monoisotopic (exact) mass is 321 g/mol. The van der Waals surface area contributed by atoms with Crippen molar-refractivity contribution in [2.45, 2.75) is 18.4 Å². The lowest BCUT2D eigenvalue weighted by molar-refractivity contribution is -0.129. The van der Waals surface area contributed by atoms with E-state index in [9.17, 15) is 5.11 Å². The minimum absolute atomic E-state index is 0.314. The summed E-state index contributed by atoms with van der Waals surface area (Å²) in [6.07, 6.45) is 2.11. The van der Waals surface area contributed by atoms with E-state index in [2.05, 4.69) is 20.8 Å². The largest absolute Gasteiger partial charge is 0.457 e. The summed E-state index contributed by atoms with van der Waals surface area (Å²) in [5.74, 6) is 1.03. The summed E-state index contributed by atoms with van der Waals surface area (Å²) in [4.78, 5) is 2.33. The van der Waals surface area contributed by atoms with Crippen molar-refractivity contribution < 1.29 is 9.52 Å². The van der Waals surface area contributed by atoms with Crippen molar-refractivity contribution in [3.05, 3.63) is 34.5 Å². The van der Waals surface area contributed by atoms with Crippen molar-refractivity contribution in [3.8, 4) is 0 Å². The number of nitrogens with zero attached hydrogens (tertiary/aromatic N) is 1. The summed E-state index contributed by atoms with van der Waals surface area (Å²) < 4.78 is 6.89. The van der Waals surface area contributed by atoms with Gasteiger partial charge in [-0.3, -0.25) is 4.90 Å². The third kappa shape index (κ3) is 1.63. The molecule has 0 amide bonds. The van der Waals surface area contributed by atoms with Gasteiger partial charge in [0.1, 0.15) is 11.2 Å². The Kier molecular flexibility index (Phi) is 2.56. The van der Waals surface area contributed by atoms with Crippen molar-refractivity contribution in [3.63, 3.8) is 0 Å². The van der Waals surface area contributed by atoms with Crippen LogP contribution in [0.5, 0.6) is 0 Å². The van der Waals surface area contributed by atoms with Crippen LogP contribution >= 0.6 is 15.9 Å². The van der Waals surface area contributed by atoms with Gasteiger partial charge in [-0.15, -0.1) is 0 Å². The number of benzene rings is 1. The molecular weight excluding hydrogens is 306 g/mol. The number of para-hydroxylation sites is 1. The lowest BCUT2D eigenvalue weighted by Crippen LogP contribution is -2.57. The predicted octanol–water partition coefficient (Wildman–Crippen LogP) is 3.11. The second kappa shape index (κ2) is 4.08. The van der Waals surface area contributed by atoms with E-state index in [1.807, 2.05) is 24.3 Å². The van der Waals surface area contributed by atoms with Gasteiger partial charge in [0.2, 0.25) is 0 Å². The number of furan rings is 1. The Morgan fingerprint density at radius 3 is 2.63 bits per heavy atom. The highest BCUT2D eigenvalue weighted by molar-refractivity contribution is 9.10. The van der Waals surface area contributed by atoms with E-state index in [-0.39, 0.29) is 0 Å². The first kappa shape index (κ1) is 11.9.